The van der Waals surface area contributed by atoms with Crippen LogP contribution in [-0.2, 0) is 4.79 Å². The molecule has 100 valence electrons. The molecule has 0 aromatic heterocycles. The first-order chi connectivity index (χ1) is 8.45. The smallest absolute Gasteiger partial charge is 0.344 e. The molecule has 0 aliphatic rings. The van der Waals surface area contributed by atoms with E-state index < -0.39 is 12.1 Å². The van der Waals surface area contributed by atoms with Crippen molar-refractivity contribution >= 4 is 5.97 Å². The molecule has 0 saturated heterocycles. The molecule has 0 radical (unpaired) electrons. The second kappa shape index (κ2) is 6.40. The number of rotatable bonds is 6. The predicted octanol–water partition coefficient (Wildman–Crippen LogP) is 2.05. The summed E-state index contributed by atoms with van der Waals surface area (Å²) >= 11 is 0. The average Bonchev–Trinajstić information content (AvgIpc) is 2.26. The van der Waals surface area contributed by atoms with Gasteiger partial charge in [0, 0.05) is 6.42 Å². The van der Waals surface area contributed by atoms with E-state index in [0.29, 0.717) is 18.7 Å². The van der Waals surface area contributed by atoms with E-state index in [0.717, 1.165) is 16.7 Å². The molecule has 0 saturated carbocycles. The van der Waals surface area contributed by atoms with Gasteiger partial charge in [-0.25, -0.2) is 4.79 Å². The lowest BCUT2D eigenvalue weighted by atomic mass is 10.1. The number of carboxylic acids is 1. The highest BCUT2D eigenvalue weighted by Gasteiger charge is 2.20. The Balaban J connectivity index is 2.90. The second-order valence-electron chi connectivity index (χ2n) is 4.56. The number of carbonyl (C=O) groups is 1. The van der Waals surface area contributed by atoms with Crippen LogP contribution in [0.2, 0.25) is 0 Å². The van der Waals surface area contributed by atoms with Crippen LogP contribution >= 0.6 is 0 Å². The van der Waals surface area contributed by atoms with Gasteiger partial charge in [-0.3, -0.25) is 0 Å². The number of carboxylic acid groups (broad SMARTS) is 1. The Labute approximate surface area is 108 Å². The molecule has 0 bridgehead atoms. The van der Waals surface area contributed by atoms with Crippen LogP contribution in [0.15, 0.2) is 12.1 Å². The van der Waals surface area contributed by atoms with Crippen molar-refractivity contribution in [1.82, 2.24) is 5.32 Å². The SMILES string of the molecule is CNCCC(Oc1c(C)cc(C)cc1C)C(=O)O. The maximum absolute atomic E-state index is 11.1. The van der Waals surface area contributed by atoms with Crippen LogP contribution in [0.3, 0.4) is 0 Å². The number of nitrogens with one attached hydrogen (secondary N) is 1. The van der Waals surface area contributed by atoms with E-state index in [9.17, 15) is 4.79 Å². The van der Waals surface area contributed by atoms with Gasteiger partial charge >= 0.3 is 5.97 Å². The van der Waals surface area contributed by atoms with Crippen molar-refractivity contribution in [3.05, 3.63) is 28.8 Å². The van der Waals surface area contributed by atoms with Gasteiger partial charge in [0.15, 0.2) is 6.10 Å². The Bertz CT molecular complexity index is 406. The van der Waals surface area contributed by atoms with Crippen molar-refractivity contribution in [2.45, 2.75) is 33.3 Å². The van der Waals surface area contributed by atoms with Gasteiger partial charge in [-0.05, 0) is 45.5 Å². The number of hydrogen-bond donors (Lipinski definition) is 2. The molecule has 1 aromatic carbocycles. The summed E-state index contributed by atoms with van der Waals surface area (Å²) in [5, 5.41) is 12.1. The molecule has 0 aliphatic carbocycles. The van der Waals surface area contributed by atoms with Crippen LogP contribution < -0.4 is 10.1 Å². The van der Waals surface area contributed by atoms with E-state index in [-0.39, 0.29) is 0 Å². The predicted molar refractivity (Wildman–Crippen MR) is 71.2 cm³/mol. The van der Waals surface area contributed by atoms with E-state index in [1.165, 1.54) is 0 Å². The van der Waals surface area contributed by atoms with E-state index >= 15 is 0 Å². The Morgan fingerprint density at radius 3 is 2.33 bits per heavy atom. The highest BCUT2D eigenvalue weighted by atomic mass is 16.5. The molecule has 4 heteroatoms. The molecule has 18 heavy (non-hydrogen) atoms. The number of ether oxygens (including phenoxy) is 1. The Hall–Kier alpha value is -1.55. The topological polar surface area (TPSA) is 58.6 Å². The van der Waals surface area contributed by atoms with Crippen LogP contribution in [0, 0.1) is 20.8 Å². The van der Waals surface area contributed by atoms with Crippen LogP contribution in [-0.4, -0.2) is 30.8 Å². The van der Waals surface area contributed by atoms with Gasteiger partial charge in [-0.15, -0.1) is 0 Å². The third kappa shape index (κ3) is 3.74. The van der Waals surface area contributed by atoms with Gasteiger partial charge in [-0.2, -0.15) is 0 Å². The first-order valence-electron chi connectivity index (χ1n) is 6.07. The number of aliphatic carboxylic acids is 1. The molecule has 1 aromatic rings. The summed E-state index contributed by atoms with van der Waals surface area (Å²) in [7, 11) is 1.79. The van der Waals surface area contributed by atoms with E-state index in [4.69, 9.17) is 9.84 Å². The summed E-state index contributed by atoms with van der Waals surface area (Å²) < 4.78 is 5.66. The average molecular weight is 251 g/mol. The molecule has 0 spiro atoms. The molecule has 4 nitrogen and oxygen atoms in total. The molecule has 2 N–H and O–H groups in total. The molecule has 0 amide bonds. The number of aryl methyl sites for hydroxylation is 3. The van der Waals surface area contributed by atoms with E-state index in [1.807, 2.05) is 32.9 Å². The fourth-order valence-electron chi connectivity index (χ4n) is 2.00. The monoisotopic (exact) mass is 251 g/mol. The summed E-state index contributed by atoms with van der Waals surface area (Å²) in [5.74, 6) is -0.242. The molecular weight excluding hydrogens is 230 g/mol. The Morgan fingerprint density at radius 1 is 1.33 bits per heavy atom. The number of hydrogen-bond acceptors (Lipinski definition) is 3. The number of benzene rings is 1. The van der Waals surface area contributed by atoms with Crippen LogP contribution in [0.5, 0.6) is 5.75 Å². The first-order valence-corrected chi connectivity index (χ1v) is 6.07. The molecule has 1 atom stereocenters. The Kier molecular flexibility index (Phi) is 5.16. The molecule has 1 rings (SSSR count). The second-order valence-corrected chi connectivity index (χ2v) is 4.56. The zero-order valence-corrected chi connectivity index (χ0v) is 11.4. The van der Waals surface area contributed by atoms with Crippen molar-refractivity contribution in [2.24, 2.45) is 0 Å². The van der Waals surface area contributed by atoms with Crippen molar-refractivity contribution in [3.8, 4) is 5.75 Å². The minimum Gasteiger partial charge on any atom is -0.479 e. The fourth-order valence-corrected chi connectivity index (χ4v) is 2.00. The van der Waals surface area contributed by atoms with Crippen molar-refractivity contribution in [3.63, 3.8) is 0 Å². The van der Waals surface area contributed by atoms with Crippen LogP contribution in [0.4, 0.5) is 0 Å². The molecular formula is C14H21NO3. The summed E-state index contributed by atoms with van der Waals surface area (Å²) in [6.45, 7) is 6.50. The molecule has 0 fully saturated rings. The quantitative estimate of drug-likeness (QED) is 0.812. The normalized spacial score (nSPS) is 12.2. The summed E-state index contributed by atoms with van der Waals surface area (Å²) in [6, 6.07) is 4.00. The van der Waals surface area contributed by atoms with Gasteiger partial charge in [0.2, 0.25) is 0 Å². The third-order valence-corrected chi connectivity index (χ3v) is 2.80. The lowest BCUT2D eigenvalue weighted by Crippen LogP contribution is -2.30. The lowest BCUT2D eigenvalue weighted by Gasteiger charge is -2.19. The summed E-state index contributed by atoms with van der Waals surface area (Å²) in [4.78, 5) is 11.1. The van der Waals surface area contributed by atoms with Gasteiger partial charge in [0.25, 0.3) is 0 Å². The van der Waals surface area contributed by atoms with Gasteiger partial charge in [0.1, 0.15) is 5.75 Å². The molecule has 0 aliphatic heterocycles. The Morgan fingerprint density at radius 2 is 1.89 bits per heavy atom. The summed E-state index contributed by atoms with van der Waals surface area (Å²) in [5.41, 5.74) is 3.10. The van der Waals surface area contributed by atoms with Crippen molar-refractivity contribution in [1.29, 1.82) is 0 Å². The minimum absolute atomic E-state index is 0.443. The van der Waals surface area contributed by atoms with Gasteiger partial charge < -0.3 is 15.2 Å². The minimum atomic E-state index is -0.926. The highest BCUT2D eigenvalue weighted by Crippen LogP contribution is 2.26. The van der Waals surface area contributed by atoms with Gasteiger partial charge in [-0.1, -0.05) is 17.7 Å². The summed E-state index contributed by atoms with van der Waals surface area (Å²) in [6.07, 6.45) is -0.365. The van der Waals surface area contributed by atoms with Crippen molar-refractivity contribution in [2.75, 3.05) is 13.6 Å². The van der Waals surface area contributed by atoms with Crippen molar-refractivity contribution < 1.29 is 14.6 Å². The first kappa shape index (κ1) is 14.5. The molecule has 0 heterocycles. The zero-order chi connectivity index (χ0) is 13.7. The van der Waals surface area contributed by atoms with E-state index in [2.05, 4.69) is 5.32 Å². The van der Waals surface area contributed by atoms with Crippen LogP contribution in [0.1, 0.15) is 23.1 Å². The fraction of sp³-hybridized carbons (Fsp3) is 0.500. The standard InChI is InChI=1S/C14H21NO3/c1-9-7-10(2)13(11(3)8-9)18-12(14(16)17)5-6-15-4/h7-8,12,15H,5-6H2,1-4H3,(H,16,17). The highest BCUT2D eigenvalue weighted by molar-refractivity contribution is 5.73. The zero-order valence-electron chi connectivity index (χ0n) is 11.4. The maximum Gasteiger partial charge on any atom is 0.344 e. The van der Waals surface area contributed by atoms with Gasteiger partial charge in [0.05, 0.1) is 0 Å². The van der Waals surface area contributed by atoms with E-state index in [1.54, 1.807) is 7.05 Å². The maximum atomic E-state index is 11.1. The van der Waals surface area contributed by atoms with Crippen LogP contribution in [0.25, 0.3) is 0 Å². The lowest BCUT2D eigenvalue weighted by molar-refractivity contribution is -0.145. The largest absolute Gasteiger partial charge is 0.479 e. The molecule has 1 unspecified atom stereocenters. The third-order valence-electron chi connectivity index (χ3n) is 2.80.